The summed E-state index contributed by atoms with van der Waals surface area (Å²) in [5, 5.41) is 25.9. The highest BCUT2D eigenvalue weighted by molar-refractivity contribution is 5.89. The Labute approximate surface area is 191 Å². The quantitative estimate of drug-likeness (QED) is 0.520. The second-order valence-electron chi connectivity index (χ2n) is 8.66. The lowest BCUT2D eigenvalue weighted by Gasteiger charge is -2.19. The van der Waals surface area contributed by atoms with Crippen molar-refractivity contribution in [2.75, 3.05) is 38.1 Å². The van der Waals surface area contributed by atoms with Gasteiger partial charge in [0.2, 0.25) is 0 Å². The van der Waals surface area contributed by atoms with Crippen LogP contribution in [0.5, 0.6) is 0 Å². The Morgan fingerprint density at radius 2 is 1.67 bits per heavy atom. The van der Waals surface area contributed by atoms with Gasteiger partial charge in [0.25, 0.3) is 0 Å². The third-order valence-electron chi connectivity index (χ3n) is 6.20. The molecular formula is C24H27N5O4. The maximum absolute atomic E-state index is 9.55. The number of benzene rings is 1. The summed E-state index contributed by atoms with van der Waals surface area (Å²) in [7, 11) is 2.22. The normalized spacial score (nSPS) is 20.1. The standard InChI is InChI=1S/C20H23N5.C4H4O4/c1-13-8-21-19-4-3-14(7-17(13)19)18-5-6-20(23-22-18)25-11-15-9-24(2)10-16(15)12-25;5-3(6)1-2-4(7)8/h3-8,15-16,21H,9-12H2,1-2H3;1-2H,(H,5,6)(H,7,8). The Bertz CT molecular complexity index is 1160. The Hall–Kier alpha value is -3.72. The summed E-state index contributed by atoms with van der Waals surface area (Å²) in [5.41, 5.74) is 4.48. The molecule has 0 spiro atoms. The van der Waals surface area contributed by atoms with Crippen LogP contribution in [0.4, 0.5) is 5.82 Å². The Morgan fingerprint density at radius 3 is 2.24 bits per heavy atom. The second kappa shape index (κ2) is 9.41. The summed E-state index contributed by atoms with van der Waals surface area (Å²) in [4.78, 5) is 27.2. The first kappa shape index (κ1) is 22.5. The summed E-state index contributed by atoms with van der Waals surface area (Å²) in [5.74, 6) is 0.0652. The van der Waals surface area contributed by atoms with Gasteiger partial charge in [-0.2, -0.15) is 0 Å². The lowest BCUT2D eigenvalue weighted by Crippen LogP contribution is -2.27. The van der Waals surface area contributed by atoms with Crippen molar-refractivity contribution in [3.63, 3.8) is 0 Å². The van der Waals surface area contributed by atoms with Crippen LogP contribution in [0.2, 0.25) is 0 Å². The molecule has 2 unspecified atom stereocenters. The van der Waals surface area contributed by atoms with Gasteiger partial charge in [-0.3, -0.25) is 0 Å². The number of nitrogens with zero attached hydrogens (tertiary/aromatic N) is 4. The number of rotatable bonds is 4. The Kier molecular flexibility index (Phi) is 6.41. The molecule has 0 radical (unpaired) electrons. The Morgan fingerprint density at radius 1 is 1.00 bits per heavy atom. The minimum absolute atomic E-state index is 0.558. The number of aryl methyl sites for hydroxylation is 1. The van der Waals surface area contributed by atoms with Gasteiger partial charge in [0.05, 0.1) is 5.69 Å². The molecule has 2 saturated heterocycles. The first-order valence-corrected chi connectivity index (χ1v) is 10.8. The van der Waals surface area contributed by atoms with Crippen LogP contribution >= 0.6 is 0 Å². The Balaban J connectivity index is 0.000000281. The zero-order valence-corrected chi connectivity index (χ0v) is 18.6. The average Bonchev–Trinajstić information content (AvgIpc) is 3.45. The van der Waals surface area contributed by atoms with Crippen LogP contribution < -0.4 is 4.90 Å². The van der Waals surface area contributed by atoms with Crippen molar-refractivity contribution in [1.82, 2.24) is 20.1 Å². The highest BCUT2D eigenvalue weighted by atomic mass is 16.4. The molecule has 5 rings (SSSR count). The van der Waals surface area contributed by atoms with Gasteiger partial charge in [-0.15, -0.1) is 10.2 Å². The minimum atomic E-state index is -1.26. The largest absolute Gasteiger partial charge is 0.478 e. The number of likely N-dealkylation sites (tertiary alicyclic amines) is 1. The molecule has 3 N–H and O–H groups in total. The predicted molar refractivity (Wildman–Crippen MR) is 125 cm³/mol. The number of aromatic amines is 1. The maximum Gasteiger partial charge on any atom is 0.328 e. The summed E-state index contributed by atoms with van der Waals surface area (Å²) in [6.45, 7) is 6.76. The first-order chi connectivity index (χ1) is 15.8. The lowest BCUT2D eigenvalue weighted by atomic mass is 10.0. The molecule has 0 bridgehead atoms. The molecule has 2 aliphatic rings. The fraction of sp³-hybridized carbons (Fsp3) is 0.333. The molecule has 2 aliphatic heterocycles. The number of aliphatic carboxylic acids is 2. The lowest BCUT2D eigenvalue weighted by molar-refractivity contribution is -0.134. The van der Waals surface area contributed by atoms with Crippen LogP contribution in [-0.2, 0) is 9.59 Å². The van der Waals surface area contributed by atoms with Crippen molar-refractivity contribution in [2.24, 2.45) is 11.8 Å². The molecule has 33 heavy (non-hydrogen) atoms. The van der Waals surface area contributed by atoms with Gasteiger partial charge >= 0.3 is 11.9 Å². The summed E-state index contributed by atoms with van der Waals surface area (Å²) in [6, 6.07) is 10.7. The molecule has 9 nitrogen and oxygen atoms in total. The second-order valence-corrected chi connectivity index (χ2v) is 8.66. The van der Waals surface area contributed by atoms with E-state index in [1.54, 1.807) is 0 Å². The maximum atomic E-state index is 9.55. The highest BCUT2D eigenvalue weighted by Crippen LogP contribution is 2.33. The van der Waals surface area contributed by atoms with Crippen molar-refractivity contribution in [2.45, 2.75) is 6.92 Å². The molecular weight excluding hydrogens is 422 g/mol. The predicted octanol–water partition coefficient (Wildman–Crippen LogP) is 2.64. The van der Waals surface area contributed by atoms with Crippen LogP contribution in [-0.4, -0.2) is 75.5 Å². The molecule has 0 aliphatic carbocycles. The molecule has 4 heterocycles. The van der Waals surface area contributed by atoms with Gasteiger partial charge in [-0.05, 0) is 55.6 Å². The zero-order valence-electron chi connectivity index (χ0n) is 18.6. The van der Waals surface area contributed by atoms with Crippen LogP contribution in [0.15, 0.2) is 48.7 Å². The third-order valence-corrected chi connectivity index (χ3v) is 6.20. The van der Waals surface area contributed by atoms with Gasteiger partial charge in [-0.1, -0.05) is 6.07 Å². The average molecular weight is 450 g/mol. The van der Waals surface area contributed by atoms with Crippen LogP contribution in [0.3, 0.4) is 0 Å². The van der Waals surface area contributed by atoms with Gasteiger partial charge < -0.3 is 25.0 Å². The number of nitrogens with one attached hydrogen (secondary N) is 1. The van der Waals surface area contributed by atoms with Gasteiger partial charge in [0.1, 0.15) is 0 Å². The fourth-order valence-electron chi connectivity index (χ4n) is 4.62. The fourth-order valence-corrected chi connectivity index (χ4v) is 4.62. The van der Waals surface area contributed by atoms with Crippen LogP contribution in [0.25, 0.3) is 22.2 Å². The molecule has 0 saturated carbocycles. The highest BCUT2D eigenvalue weighted by Gasteiger charge is 2.39. The summed E-state index contributed by atoms with van der Waals surface area (Å²) in [6.07, 6.45) is 3.16. The van der Waals surface area contributed by atoms with Gasteiger partial charge in [-0.25, -0.2) is 9.59 Å². The number of carboxylic acid groups (broad SMARTS) is 2. The molecule has 2 aromatic heterocycles. The SMILES string of the molecule is Cc1c[nH]c2ccc(-c3ccc(N4CC5CN(C)CC5C4)nn3)cc12.O=C(O)C=CC(=O)O. The van der Waals surface area contributed by atoms with E-state index < -0.39 is 11.9 Å². The summed E-state index contributed by atoms with van der Waals surface area (Å²) >= 11 is 0. The van der Waals surface area contributed by atoms with E-state index in [9.17, 15) is 9.59 Å². The van der Waals surface area contributed by atoms with E-state index >= 15 is 0 Å². The number of hydrogen-bond donors (Lipinski definition) is 3. The van der Waals surface area contributed by atoms with Crippen molar-refractivity contribution < 1.29 is 19.8 Å². The number of hydrogen-bond acceptors (Lipinski definition) is 6. The van der Waals surface area contributed by atoms with Crippen molar-refractivity contribution >= 4 is 28.7 Å². The van der Waals surface area contributed by atoms with E-state index in [0.717, 1.165) is 42.0 Å². The number of aromatic nitrogens is 3. The molecule has 1 aromatic carbocycles. The van der Waals surface area contributed by atoms with E-state index in [0.29, 0.717) is 12.2 Å². The molecule has 9 heteroatoms. The third kappa shape index (κ3) is 5.20. The molecule has 2 fully saturated rings. The number of H-pyrrole nitrogens is 1. The van der Waals surface area contributed by atoms with E-state index in [1.807, 2.05) is 6.20 Å². The van der Waals surface area contributed by atoms with Crippen LogP contribution in [0, 0.1) is 18.8 Å². The first-order valence-electron chi connectivity index (χ1n) is 10.8. The zero-order chi connectivity index (χ0) is 23.5. The van der Waals surface area contributed by atoms with E-state index in [1.165, 1.54) is 29.6 Å². The number of carboxylic acids is 2. The van der Waals surface area contributed by atoms with Gasteiger partial charge in [0, 0.05) is 61.0 Å². The minimum Gasteiger partial charge on any atom is -0.478 e. The number of anilines is 1. The van der Waals surface area contributed by atoms with E-state index in [2.05, 4.69) is 69.3 Å². The van der Waals surface area contributed by atoms with E-state index in [-0.39, 0.29) is 0 Å². The molecule has 3 aromatic rings. The molecule has 2 atom stereocenters. The topological polar surface area (TPSA) is 123 Å². The molecule has 0 amide bonds. The smallest absolute Gasteiger partial charge is 0.328 e. The van der Waals surface area contributed by atoms with Crippen molar-refractivity contribution in [3.8, 4) is 11.3 Å². The summed E-state index contributed by atoms with van der Waals surface area (Å²) < 4.78 is 0. The van der Waals surface area contributed by atoms with Crippen molar-refractivity contribution in [1.29, 1.82) is 0 Å². The van der Waals surface area contributed by atoms with Crippen molar-refractivity contribution in [3.05, 3.63) is 54.2 Å². The van der Waals surface area contributed by atoms with Gasteiger partial charge in [0.15, 0.2) is 5.82 Å². The number of carbonyl (C=O) groups is 2. The van der Waals surface area contributed by atoms with Crippen LogP contribution in [0.1, 0.15) is 5.56 Å². The molecule has 172 valence electrons. The van der Waals surface area contributed by atoms with E-state index in [4.69, 9.17) is 10.2 Å². The monoisotopic (exact) mass is 449 g/mol. The number of fused-ring (bicyclic) bond motifs is 2.